The number of amides is 1. The van der Waals surface area contributed by atoms with Crippen molar-refractivity contribution in [3.8, 4) is 11.5 Å². The predicted octanol–water partition coefficient (Wildman–Crippen LogP) is 3.13. The normalized spacial score (nSPS) is 10.6. The lowest BCUT2D eigenvalue weighted by atomic mass is 10.2. The minimum absolute atomic E-state index is 0.300. The number of hydrazone groups is 1. The van der Waals surface area contributed by atoms with E-state index in [0.29, 0.717) is 27.5 Å². The lowest BCUT2D eigenvalue weighted by Gasteiger charge is -2.09. The Balaban J connectivity index is 1.66. The van der Waals surface area contributed by atoms with Crippen molar-refractivity contribution in [2.75, 3.05) is 7.11 Å². The van der Waals surface area contributed by atoms with Crippen LogP contribution in [0.1, 0.15) is 25.6 Å². The topological polar surface area (TPSA) is 89.9 Å². The minimum Gasteiger partial charge on any atom is -0.493 e. The number of rotatable bonds is 6. The maximum Gasteiger partial charge on any atom is 0.353 e. The van der Waals surface area contributed by atoms with Crippen LogP contribution in [0.15, 0.2) is 65.3 Å². The van der Waals surface area contributed by atoms with Gasteiger partial charge in [0.05, 0.1) is 13.3 Å². The quantitative estimate of drug-likeness (QED) is 0.307. The van der Waals surface area contributed by atoms with Gasteiger partial charge in [-0.15, -0.1) is 11.3 Å². The van der Waals surface area contributed by atoms with Crippen LogP contribution in [0.2, 0.25) is 0 Å². The molecule has 0 radical (unpaired) electrons. The second kappa shape index (κ2) is 8.72. The predicted molar refractivity (Wildman–Crippen MR) is 102 cm³/mol. The van der Waals surface area contributed by atoms with E-state index in [0.717, 1.165) is 0 Å². The molecule has 8 heteroatoms. The number of hydrogen-bond acceptors (Lipinski definition) is 7. The molecule has 1 N–H and O–H groups in total. The Morgan fingerprint density at radius 3 is 2.67 bits per heavy atom. The third-order valence-corrected chi connectivity index (χ3v) is 4.28. The van der Waals surface area contributed by atoms with E-state index < -0.39 is 5.97 Å². The number of ether oxygens (including phenoxy) is 2. The third-order valence-electron chi connectivity index (χ3n) is 3.43. The second-order valence-electron chi connectivity index (χ2n) is 5.21. The van der Waals surface area contributed by atoms with Crippen molar-refractivity contribution in [3.63, 3.8) is 0 Å². The zero-order valence-electron chi connectivity index (χ0n) is 14.3. The van der Waals surface area contributed by atoms with E-state index in [-0.39, 0.29) is 5.91 Å². The van der Waals surface area contributed by atoms with Crippen LogP contribution in [0.3, 0.4) is 0 Å². The summed E-state index contributed by atoms with van der Waals surface area (Å²) in [5, 5.41) is 5.72. The first-order valence-corrected chi connectivity index (χ1v) is 8.72. The summed E-state index contributed by atoms with van der Waals surface area (Å²) in [6.07, 6.45) is 4.52. The fourth-order valence-electron chi connectivity index (χ4n) is 2.13. The molecule has 0 saturated heterocycles. The van der Waals surface area contributed by atoms with E-state index in [1.54, 1.807) is 47.8 Å². The second-order valence-corrected chi connectivity index (χ2v) is 6.16. The molecule has 3 aromatic rings. The van der Waals surface area contributed by atoms with Crippen molar-refractivity contribution in [2.24, 2.45) is 5.10 Å². The first-order chi connectivity index (χ1) is 13.2. The number of esters is 1. The number of nitrogens with zero attached hydrogens (tertiary/aromatic N) is 2. The Morgan fingerprint density at radius 1 is 1.15 bits per heavy atom. The van der Waals surface area contributed by atoms with E-state index in [1.165, 1.54) is 37.1 Å². The van der Waals surface area contributed by atoms with Crippen molar-refractivity contribution >= 4 is 29.4 Å². The average Bonchev–Trinajstić information content (AvgIpc) is 3.24. The molecule has 2 heterocycles. The van der Waals surface area contributed by atoms with Gasteiger partial charge >= 0.3 is 5.97 Å². The van der Waals surface area contributed by atoms with Gasteiger partial charge < -0.3 is 9.47 Å². The van der Waals surface area contributed by atoms with Crippen LogP contribution in [0.5, 0.6) is 11.5 Å². The number of carbonyl (C=O) groups excluding carboxylic acids is 2. The van der Waals surface area contributed by atoms with Gasteiger partial charge in [0, 0.05) is 18.0 Å². The molecule has 1 amide bonds. The van der Waals surface area contributed by atoms with Gasteiger partial charge in [-0.05, 0) is 47.3 Å². The molecule has 0 aliphatic carbocycles. The summed E-state index contributed by atoms with van der Waals surface area (Å²) in [4.78, 5) is 28.3. The summed E-state index contributed by atoms with van der Waals surface area (Å²) in [6, 6.07) is 11.6. The highest BCUT2D eigenvalue weighted by atomic mass is 32.1. The molecule has 0 saturated carbocycles. The number of hydrogen-bond donors (Lipinski definition) is 1. The Kier molecular flexibility index (Phi) is 5.91. The largest absolute Gasteiger partial charge is 0.493 e. The molecule has 2 aromatic heterocycles. The third kappa shape index (κ3) is 4.77. The van der Waals surface area contributed by atoms with E-state index >= 15 is 0 Å². The Bertz CT molecular complexity index is 956. The monoisotopic (exact) mass is 381 g/mol. The SMILES string of the molecule is COc1cc(/C=N/NC(=O)c2ccncc2)ccc1OC(=O)c1cccs1. The van der Waals surface area contributed by atoms with Gasteiger partial charge in [-0.1, -0.05) is 6.07 Å². The highest BCUT2D eigenvalue weighted by molar-refractivity contribution is 7.12. The summed E-state index contributed by atoms with van der Waals surface area (Å²) in [6.45, 7) is 0. The van der Waals surface area contributed by atoms with E-state index in [9.17, 15) is 9.59 Å². The zero-order valence-corrected chi connectivity index (χ0v) is 15.1. The molecule has 27 heavy (non-hydrogen) atoms. The molecule has 0 unspecified atom stereocenters. The van der Waals surface area contributed by atoms with Gasteiger partial charge in [-0.3, -0.25) is 9.78 Å². The molecular weight excluding hydrogens is 366 g/mol. The maximum atomic E-state index is 12.1. The van der Waals surface area contributed by atoms with E-state index in [4.69, 9.17) is 9.47 Å². The van der Waals surface area contributed by atoms with Crippen molar-refractivity contribution in [2.45, 2.75) is 0 Å². The Hall–Kier alpha value is -3.52. The standard InChI is InChI=1S/C19H15N3O4S/c1-25-16-11-13(12-21-22-18(23)14-6-8-20-9-7-14)4-5-15(16)26-19(24)17-3-2-10-27-17/h2-12H,1H3,(H,22,23)/b21-12+. The summed E-state index contributed by atoms with van der Waals surface area (Å²) in [5.74, 6) is -0.116. The van der Waals surface area contributed by atoms with Gasteiger partial charge in [-0.2, -0.15) is 5.10 Å². The summed E-state index contributed by atoms with van der Waals surface area (Å²) >= 11 is 1.30. The zero-order chi connectivity index (χ0) is 19.1. The molecule has 0 bridgehead atoms. The molecule has 1 aromatic carbocycles. The summed E-state index contributed by atoms with van der Waals surface area (Å²) in [7, 11) is 1.48. The Labute approximate surface area is 159 Å². The highest BCUT2D eigenvalue weighted by Crippen LogP contribution is 2.28. The van der Waals surface area contributed by atoms with Crippen LogP contribution in [0.25, 0.3) is 0 Å². The van der Waals surface area contributed by atoms with Crippen LogP contribution in [0, 0.1) is 0 Å². The number of methoxy groups -OCH3 is 1. The number of nitrogens with one attached hydrogen (secondary N) is 1. The van der Waals surface area contributed by atoms with Gasteiger partial charge in [0.1, 0.15) is 4.88 Å². The number of pyridine rings is 1. The van der Waals surface area contributed by atoms with Crippen molar-refractivity contribution in [1.29, 1.82) is 0 Å². The molecule has 7 nitrogen and oxygen atoms in total. The van der Waals surface area contributed by atoms with Gasteiger partial charge in [0.25, 0.3) is 5.91 Å². The van der Waals surface area contributed by atoms with E-state index in [2.05, 4.69) is 15.5 Å². The molecule has 0 spiro atoms. The molecule has 3 rings (SSSR count). The van der Waals surface area contributed by atoms with Crippen molar-refractivity contribution in [1.82, 2.24) is 10.4 Å². The van der Waals surface area contributed by atoms with Crippen LogP contribution < -0.4 is 14.9 Å². The fourth-order valence-corrected chi connectivity index (χ4v) is 2.73. The van der Waals surface area contributed by atoms with Gasteiger partial charge in [-0.25, -0.2) is 10.2 Å². The minimum atomic E-state index is -0.450. The molecule has 136 valence electrons. The summed E-state index contributed by atoms with van der Waals surface area (Å²) < 4.78 is 10.6. The maximum absolute atomic E-state index is 12.1. The number of benzene rings is 1. The summed E-state index contributed by atoms with van der Waals surface area (Å²) in [5.41, 5.74) is 3.55. The Morgan fingerprint density at radius 2 is 1.96 bits per heavy atom. The fraction of sp³-hybridized carbons (Fsp3) is 0.0526. The number of aromatic nitrogens is 1. The van der Waals surface area contributed by atoms with E-state index in [1.807, 2.05) is 0 Å². The lowest BCUT2D eigenvalue weighted by molar-refractivity contribution is 0.0734. The molecular formula is C19H15N3O4S. The first kappa shape index (κ1) is 18.3. The molecule has 0 aliphatic heterocycles. The highest BCUT2D eigenvalue weighted by Gasteiger charge is 2.13. The molecule has 0 aliphatic rings. The van der Waals surface area contributed by atoms with Crippen LogP contribution in [0.4, 0.5) is 0 Å². The smallest absolute Gasteiger partial charge is 0.353 e. The lowest BCUT2D eigenvalue weighted by Crippen LogP contribution is -2.17. The van der Waals surface area contributed by atoms with Crippen molar-refractivity contribution in [3.05, 3.63) is 76.2 Å². The van der Waals surface area contributed by atoms with Crippen LogP contribution >= 0.6 is 11.3 Å². The number of thiophene rings is 1. The molecule has 0 atom stereocenters. The van der Waals surface area contributed by atoms with Gasteiger partial charge in [0.2, 0.25) is 0 Å². The van der Waals surface area contributed by atoms with Crippen LogP contribution in [-0.2, 0) is 0 Å². The van der Waals surface area contributed by atoms with Gasteiger partial charge in [0.15, 0.2) is 11.5 Å². The molecule has 0 fully saturated rings. The number of carbonyl (C=O) groups is 2. The average molecular weight is 381 g/mol. The van der Waals surface area contributed by atoms with Crippen molar-refractivity contribution < 1.29 is 19.1 Å². The van der Waals surface area contributed by atoms with Crippen LogP contribution in [-0.4, -0.2) is 30.2 Å². The first-order valence-electron chi connectivity index (χ1n) is 7.84.